The topological polar surface area (TPSA) is 67.4 Å². The van der Waals surface area contributed by atoms with E-state index in [-0.39, 0.29) is 6.54 Å². The third-order valence-electron chi connectivity index (χ3n) is 3.08. The third kappa shape index (κ3) is 6.99. The van der Waals surface area contributed by atoms with Crippen molar-refractivity contribution in [3.05, 3.63) is 29.8 Å². The molecule has 0 aliphatic heterocycles. The SMILES string of the molecule is CCCCOCCCNC(=O)C(=O)Nc1ccccc1C(F)(F)F. The Balaban J connectivity index is 2.41. The highest BCUT2D eigenvalue weighted by Crippen LogP contribution is 2.34. The minimum atomic E-state index is -4.61. The van der Waals surface area contributed by atoms with Crippen molar-refractivity contribution in [1.82, 2.24) is 5.32 Å². The van der Waals surface area contributed by atoms with Crippen LogP contribution in [0.4, 0.5) is 18.9 Å². The fraction of sp³-hybridized carbons (Fsp3) is 0.500. The van der Waals surface area contributed by atoms with Crippen LogP contribution in [-0.4, -0.2) is 31.6 Å². The molecule has 0 aliphatic rings. The Hall–Kier alpha value is -2.09. The van der Waals surface area contributed by atoms with Crippen LogP contribution in [0.25, 0.3) is 0 Å². The zero-order chi connectivity index (χ0) is 18.0. The van der Waals surface area contributed by atoms with Crippen molar-refractivity contribution in [2.24, 2.45) is 0 Å². The lowest BCUT2D eigenvalue weighted by Gasteiger charge is -2.13. The van der Waals surface area contributed by atoms with Gasteiger partial charge in [0.25, 0.3) is 0 Å². The average Bonchev–Trinajstić information content (AvgIpc) is 2.53. The van der Waals surface area contributed by atoms with Crippen molar-refractivity contribution < 1.29 is 27.5 Å². The van der Waals surface area contributed by atoms with E-state index in [9.17, 15) is 22.8 Å². The lowest BCUT2D eigenvalue weighted by Crippen LogP contribution is -2.36. The van der Waals surface area contributed by atoms with Crippen LogP contribution in [0.3, 0.4) is 0 Å². The second kappa shape index (κ2) is 9.92. The second-order valence-electron chi connectivity index (χ2n) is 5.07. The fourth-order valence-electron chi connectivity index (χ4n) is 1.82. The summed E-state index contributed by atoms with van der Waals surface area (Å²) in [4.78, 5) is 23.3. The van der Waals surface area contributed by atoms with Crippen molar-refractivity contribution in [1.29, 1.82) is 0 Å². The molecule has 24 heavy (non-hydrogen) atoms. The molecule has 0 fully saturated rings. The molecule has 8 heteroatoms. The van der Waals surface area contributed by atoms with Gasteiger partial charge in [0.05, 0.1) is 11.3 Å². The van der Waals surface area contributed by atoms with E-state index >= 15 is 0 Å². The van der Waals surface area contributed by atoms with E-state index in [0.717, 1.165) is 25.0 Å². The summed E-state index contributed by atoms with van der Waals surface area (Å²) in [6.45, 7) is 3.33. The number of amides is 2. The van der Waals surface area contributed by atoms with Gasteiger partial charge in [0.15, 0.2) is 0 Å². The maximum absolute atomic E-state index is 12.8. The number of carbonyl (C=O) groups excluding carboxylic acids is 2. The van der Waals surface area contributed by atoms with Crippen LogP contribution < -0.4 is 10.6 Å². The van der Waals surface area contributed by atoms with Crippen LogP contribution in [0.5, 0.6) is 0 Å². The third-order valence-corrected chi connectivity index (χ3v) is 3.08. The number of ether oxygens (including phenoxy) is 1. The van der Waals surface area contributed by atoms with Gasteiger partial charge in [-0.15, -0.1) is 0 Å². The zero-order valence-electron chi connectivity index (χ0n) is 13.4. The van der Waals surface area contributed by atoms with Gasteiger partial charge in [0.1, 0.15) is 0 Å². The summed E-state index contributed by atoms with van der Waals surface area (Å²) in [6.07, 6.45) is -2.12. The molecule has 0 heterocycles. The van der Waals surface area contributed by atoms with Gasteiger partial charge < -0.3 is 15.4 Å². The summed E-state index contributed by atoms with van der Waals surface area (Å²) in [5.41, 5.74) is -1.46. The average molecular weight is 346 g/mol. The summed E-state index contributed by atoms with van der Waals surface area (Å²) >= 11 is 0. The molecule has 1 aromatic carbocycles. The number of hydrogen-bond donors (Lipinski definition) is 2. The van der Waals surface area contributed by atoms with Crippen molar-refractivity contribution in [3.8, 4) is 0 Å². The summed E-state index contributed by atoms with van der Waals surface area (Å²) in [7, 11) is 0. The van der Waals surface area contributed by atoms with E-state index in [4.69, 9.17) is 4.74 Å². The van der Waals surface area contributed by atoms with Gasteiger partial charge in [-0.05, 0) is 25.0 Å². The van der Waals surface area contributed by atoms with Crippen molar-refractivity contribution in [2.75, 3.05) is 25.1 Å². The smallest absolute Gasteiger partial charge is 0.381 e. The first-order chi connectivity index (χ1) is 11.4. The summed E-state index contributed by atoms with van der Waals surface area (Å²) < 4.78 is 43.7. The predicted octanol–water partition coefficient (Wildman–Crippen LogP) is 2.97. The lowest BCUT2D eigenvalue weighted by molar-refractivity contribution is -0.138. The fourth-order valence-corrected chi connectivity index (χ4v) is 1.82. The molecule has 0 aliphatic carbocycles. The molecule has 0 aromatic heterocycles. The molecule has 5 nitrogen and oxygen atoms in total. The molecule has 0 saturated heterocycles. The van der Waals surface area contributed by atoms with Crippen LogP contribution >= 0.6 is 0 Å². The van der Waals surface area contributed by atoms with Crippen LogP contribution in [0.15, 0.2) is 24.3 Å². The Morgan fingerprint density at radius 2 is 1.75 bits per heavy atom. The highest BCUT2D eigenvalue weighted by molar-refractivity contribution is 6.39. The van der Waals surface area contributed by atoms with Gasteiger partial charge in [-0.1, -0.05) is 25.5 Å². The molecule has 2 N–H and O–H groups in total. The van der Waals surface area contributed by atoms with Crippen molar-refractivity contribution >= 4 is 17.5 Å². The molecule has 0 saturated carbocycles. The highest BCUT2D eigenvalue weighted by Gasteiger charge is 2.33. The van der Waals surface area contributed by atoms with Crippen LogP contribution in [0.2, 0.25) is 0 Å². The van der Waals surface area contributed by atoms with E-state index in [1.54, 1.807) is 0 Å². The number of alkyl halides is 3. The Bertz CT molecular complexity index is 548. The van der Waals surface area contributed by atoms with E-state index < -0.39 is 29.2 Å². The molecule has 2 amide bonds. The monoisotopic (exact) mass is 346 g/mol. The van der Waals surface area contributed by atoms with Crippen molar-refractivity contribution in [3.63, 3.8) is 0 Å². The number of carbonyl (C=O) groups is 2. The Labute approximate surface area is 138 Å². The van der Waals surface area contributed by atoms with Gasteiger partial charge in [-0.3, -0.25) is 9.59 Å². The maximum Gasteiger partial charge on any atom is 0.418 e. The number of para-hydroxylation sites is 1. The van der Waals surface area contributed by atoms with E-state index in [0.29, 0.717) is 19.6 Å². The number of unbranched alkanes of at least 4 members (excludes halogenated alkanes) is 1. The minimum Gasteiger partial charge on any atom is -0.381 e. The summed E-state index contributed by atoms with van der Waals surface area (Å²) in [6, 6.07) is 4.48. The molecule has 134 valence electrons. The first kappa shape index (κ1) is 20.0. The van der Waals surface area contributed by atoms with Gasteiger partial charge in [0.2, 0.25) is 0 Å². The molecule has 0 spiro atoms. The largest absolute Gasteiger partial charge is 0.418 e. The van der Waals surface area contributed by atoms with E-state index in [1.165, 1.54) is 12.1 Å². The van der Waals surface area contributed by atoms with Crippen LogP contribution in [0, 0.1) is 0 Å². The number of nitrogens with one attached hydrogen (secondary N) is 2. The molecular formula is C16H21F3N2O3. The van der Waals surface area contributed by atoms with Gasteiger partial charge in [-0.2, -0.15) is 13.2 Å². The minimum absolute atomic E-state index is 0.208. The Morgan fingerprint density at radius 3 is 2.42 bits per heavy atom. The first-order valence-electron chi connectivity index (χ1n) is 7.69. The van der Waals surface area contributed by atoms with Crippen LogP contribution in [-0.2, 0) is 20.5 Å². The molecule has 0 radical (unpaired) electrons. The van der Waals surface area contributed by atoms with Gasteiger partial charge in [-0.25, -0.2) is 0 Å². The second-order valence-corrected chi connectivity index (χ2v) is 5.07. The number of hydrogen-bond acceptors (Lipinski definition) is 3. The molecule has 0 bridgehead atoms. The molecule has 0 atom stereocenters. The lowest BCUT2D eigenvalue weighted by atomic mass is 10.1. The number of halogens is 3. The maximum atomic E-state index is 12.8. The predicted molar refractivity (Wildman–Crippen MR) is 83.4 cm³/mol. The zero-order valence-corrected chi connectivity index (χ0v) is 13.4. The molecule has 0 unspecified atom stereocenters. The highest BCUT2D eigenvalue weighted by atomic mass is 19.4. The number of benzene rings is 1. The normalized spacial score (nSPS) is 11.2. The number of rotatable bonds is 8. The van der Waals surface area contributed by atoms with Gasteiger partial charge in [0, 0.05) is 19.8 Å². The quantitative estimate of drug-likeness (QED) is 0.562. The van der Waals surface area contributed by atoms with Crippen LogP contribution in [0.1, 0.15) is 31.7 Å². The summed E-state index contributed by atoms with van der Waals surface area (Å²) in [5.74, 6) is -2.13. The van der Waals surface area contributed by atoms with E-state index in [1.807, 2.05) is 12.2 Å². The standard InChI is InChI=1S/C16H21F3N2O3/c1-2-3-10-24-11-6-9-20-14(22)15(23)21-13-8-5-4-7-12(13)16(17,18)19/h4-5,7-8H,2-3,6,9-11H2,1H3,(H,20,22)(H,21,23). The Morgan fingerprint density at radius 1 is 1.08 bits per heavy atom. The molecule has 1 rings (SSSR count). The van der Waals surface area contributed by atoms with Gasteiger partial charge >= 0.3 is 18.0 Å². The first-order valence-corrected chi connectivity index (χ1v) is 7.69. The van der Waals surface area contributed by atoms with Crippen molar-refractivity contribution in [2.45, 2.75) is 32.4 Å². The number of anilines is 1. The Kier molecular flexibility index (Phi) is 8.25. The van der Waals surface area contributed by atoms with E-state index in [2.05, 4.69) is 5.32 Å². The molecule has 1 aromatic rings. The summed E-state index contributed by atoms with van der Waals surface area (Å²) in [5, 5.41) is 4.32. The molecular weight excluding hydrogens is 325 g/mol.